The maximum Gasteiger partial charge on any atom is 0.411 e. The molecule has 0 aromatic rings. The quantitative estimate of drug-likeness (QED) is 0.845. The molecule has 1 saturated heterocycles. The topological polar surface area (TPSA) is 24.5 Å². The highest BCUT2D eigenvalue weighted by Gasteiger charge is 2.31. The zero-order valence-corrected chi connectivity index (χ0v) is 12.8. The van der Waals surface area contributed by atoms with Crippen molar-refractivity contribution in [1.29, 1.82) is 0 Å². The molecule has 0 aromatic carbocycles. The van der Waals surface area contributed by atoms with E-state index in [-0.39, 0.29) is 6.10 Å². The lowest BCUT2D eigenvalue weighted by Gasteiger charge is -2.33. The molecule has 124 valence electrons. The molecule has 1 N–H and O–H groups in total. The van der Waals surface area contributed by atoms with Crippen LogP contribution in [0.3, 0.4) is 0 Å². The number of halogens is 3. The summed E-state index contributed by atoms with van der Waals surface area (Å²) in [6.07, 6.45) is 1.44. The number of nitrogens with zero attached hydrogens (tertiary/aromatic N) is 1. The van der Waals surface area contributed by atoms with Gasteiger partial charge in [0.15, 0.2) is 0 Å². The standard InChI is InChI=1S/C15H27F3N2O/c1-20-7-5-12(6-8-20)10-19-13-3-2-4-14(9-13)21-11-15(16,17)18/h12-14,19H,2-11H2,1H3. The van der Waals surface area contributed by atoms with Gasteiger partial charge in [-0.2, -0.15) is 13.2 Å². The zero-order valence-electron chi connectivity index (χ0n) is 12.8. The zero-order chi connectivity index (χ0) is 15.3. The van der Waals surface area contributed by atoms with Crippen LogP contribution in [0.15, 0.2) is 0 Å². The van der Waals surface area contributed by atoms with Crippen LogP contribution in [-0.2, 0) is 4.74 Å². The molecule has 1 aliphatic carbocycles. The van der Waals surface area contributed by atoms with Crippen LogP contribution in [0.2, 0.25) is 0 Å². The lowest BCUT2D eigenvalue weighted by Crippen LogP contribution is -2.42. The van der Waals surface area contributed by atoms with Crippen molar-refractivity contribution in [3.63, 3.8) is 0 Å². The monoisotopic (exact) mass is 308 g/mol. The predicted octanol–water partition coefficient (Wildman–Crippen LogP) is 2.81. The number of likely N-dealkylation sites (tertiary alicyclic amines) is 1. The SMILES string of the molecule is CN1CCC(CNC2CCCC(OCC(F)(F)F)C2)CC1. The van der Waals surface area contributed by atoms with Gasteiger partial charge in [-0.1, -0.05) is 0 Å². The van der Waals surface area contributed by atoms with E-state index in [2.05, 4.69) is 17.3 Å². The fourth-order valence-corrected chi connectivity index (χ4v) is 3.29. The van der Waals surface area contributed by atoms with E-state index in [4.69, 9.17) is 4.74 Å². The number of rotatable bonds is 5. The maximum absolute atomic E-state index is 12.2. The fraction of sp³-hybridized carbons (Fsp3) is 1.00. The first-order chi connectivity index (χ1) is 9.92. The minimum Gasteiger partial charge on any atom is -0.369 e. The number of hydrogen-bond donors (Lipinski definition) is 1. The third-order valence-electron chi connectivity index (χ3n) is 4.64. The molecule has 0 aromatic heterocycles. The van der Waals surface area contributed by atoms with Crippen molar-refractivity contribution in [1.82, 2.24) is 10.2 Å². The van der Waals surface area contributed by atoms with E-state index in [0.29, 0.717) is 18.4 Å². The molecule has 3 nitrogen and oxygen atoms in total. The third-order valence-corrected chi connectivity index (χ3v) is 4.64. The Morgan fingerprint density at radius 2 is 1.86 bits per heavy atom. The molecule has 2 unspecified atom stereocenters. The van der Waals surface area contributed by atoms with Crippen LogP contribution in [0.5, 0.6) is 0 Å². The minimum atomic E-state index is -4.21. The van der Waals surface area contributed by atoms with Gasteiger partial charge in [0.25, 0.3) is 0 Å². The van der Waals surface area contributed by atoms with Crippen molar-refractivity contribution in [2.75, 3.05) is 33.3 Å². The molecular formula is C15H27F3N2O. The predicted molar refractivity (Wildman–Crippen MR) is 76.3 cm³/mol. The molecule has 2 rings (SSSR count). The lowest BCUT2D eigenvalue weighted by atomic mass is 9.91. The number of nitrogens with one attached hydrogen (secondary N) is 1. The smallest absolute Gasteiger partial charge is 0.369 e. The van der Waals surface area contributed by atoms with Crippen molar-refractivity contribution < 1.29 is 17.9 Å². The summed E-state index contributed by atoms with van der Waals surface area (Å²) in [5.74, 6) is 0.706. The van der Waals surface area contributed by atoms with Crippen LogP contribution >= 0.6 is 0 Å². The van der Waals surface area contributed by atoms with E-state index in [9.17, 15) is 13.2 Å². The first-order valence-electron chi connectivity index (χ1n) is 8.02. The summed E-state index contributed by atoms with van der Waals surface area (Å²) in [4.78, 5) is 2.35. The van der Waals surface area contributed by atoms with Crippen molar-refractivity contribution in [2.24, 2.45) is 5.92 Å². The van der Waals surface area contributed by atoms with Gasteiger partial charge < -0.3 is 15.0 Å². The number of alkyl halides is 3. The highest BCUT2D eigenvalue weighted by atomic mass is 19.4. The fourth-order valence-electron chi connectivity index (χ4n) is 3.29. The normalized spacial score (nSPS) is 29.7. The Morgan fingerprint density at radius 1 is 1.14 bits per heavy atom. The molecule has 0 amide bonds. The molecule has 1 saturated carbocycles. The van der Waals surface area contributed by atoms with Gasteiger partial charge in [0, 0.05) is 6.04 Å². The Hall–Kier alpha value is -0.330. The first-order valence-corrected chi connectivity index (χ1v) is 8.02. The summed E-state index contributed by atoms with van der Waals surface area (Å²) >= 11 is 0. The minimum absolute atomic E-state index is 0.240. The van der Waals surface area contributed by atoms with Gasteiger partial charge in [-0.3, -0.25) is 0 Å². The molecule has 0 bridgehead atoms. The van der Waals surface area contributed by atoms with Crippen LogP contribution in [0.25, 0.3) is 0 Å². The van der Waals surface area contributed by atoms with Gasteiger partial charge in [0.05, 0.1) is 6.10 Å². The van der Waals surface area contributed by atoms with E-state index in [1.807, 2.05) is 0 Å². The molecule has 0 spiro atoms. The number of piperidine rings is 1. The summed E-state index contributed by atoms with van der Waals surface area (Å²) in [6, 6.07) is 0.316. The molecule has 0 radical (unpaired) electrons. The van der Waals surface area contributed by atoms with Gasteiger partial charge in [-0.05, 0) is 71.1 Å². The molecule has 2 fully saturated rings. The highest BCUT2D eigenvalue weighted by Crippen LogP contribution is 2.25. The van der Waals surface area contributed by atoms with Gasteiger partial charge in [0.1, 0.15) is 6.61 Å². The van der Waals surface area contributed by atoms with Crippen LogP contribution in [-0.4, -0.2) is 56.5 Å². The van der Waals surface area contributed by atoms with E-state index in [0.717, 1.165) is 38.9 Å². The van der Waals surface area contributed by atoms with Crippen LogP contribution in [0.4, 0.5) is 13.2 Å². The highest BCUT2D eigenvalue weighted by molar-refractivity contribution is 4.81. The Bertz CT molecular complexity index is 304. The molecule has 1 aliphatic heterocycles. The summed E-state index contributed by atoms with van der Waals surface area (Å²) in [5, 5.41) is 3.55. The average Bonchev–Trinajstić information content (AvgIpc) is 2.44. The van der Waals surface area contributed by atoms with Crippen LogP contribution in [0, 0.1) is 5.92 Å². The molecule has 6 heteroatoms. The molecule has 21 heavy (non-hydrogen) atoms. The molecular weight excluding hydrogens is 281 g/mol. The van der Waals surface area contributed by atoms with E-state index in [1.54, 1.807) is 0 Å². The van der Waals surface area contributed by atoms with Crippen molar-refractivity contribution >= 4 is 0 Å². The van der Waals surface area contributed by atoms with Crippen LogP contribution in [0.1, 0.15) is 38.5 Å². The van der Waals surface area contributed by atoms with E-state index >= 15 is 0 Å². The van der Waals surface area contributed by atoms with E-state index < -0.39 is 12.8 Å². The largest absolute Gasteiger partial charge is 0.411 e. The summed E-state index contributed by atoms with van der Waals surface area (Å²) in [6.45, 7) is 2.17. The van der Waals surface area contributed by atoms with E-state index in [1.165, 1.54) is 12.8 Å². The average molecular weight is 308 g/mol. The number of hydrogen-bond acceptors (Lipinski definition) is 3. The van der Waals surface area contributed by atoms with Gasteiger partial charge >= 0.3 is 6.18 Å². The Morgan fingerprint density at radius 3 is 2.52 bits per heavy atom. The Labute approximate surface area is 125 Å². The summed E-state index contributed by atoms with van der Waals surface area (Å²) in [5.41, 5.74) is 0. The number of ether oxygens (including phenoxy) is 1. The van der Waals surface area contributed by atoms with Crippen molar-refractivity contribution in [3.8, 4) is 0 Å². The summed E-state index contributed by atoms with van der Waals surface area (Å²) in [7, 11) is 2.15. The molecule has 2 atom stereocenters. The Balaban J connectivity index is 1.64. The maximum atomic E-state index is 12.2. The van der Waals surface area contributed by atoms with Crippen molar-refractivity contribution in [3.05, 3.63) is 0 Å². The lowest BCUT2D eigenvalue weighted by molar-refractivity contribution is -0.188. The second-order valence-corrected chi connectivity index (χ2v) is 6.57. The van der Waals surface area contributed by atoms with Crippen molar-refractivity contribution in [2.45, 2.75) is 56.8 Å². The Kier molecular flexibility index (Phi) is 6.32. The van der Waals surface area contributed by atoms with Gasteiger partial charge in [0.2, 0.25) is 0 Å². The van der Waals surface area contributed by atoms with Gasteiger partial charge in [-0.15, -0.1) is 0 Å². The summed E-state index contributed by atoms with van der Waals surface area (Å²) < 4.78 is 41.6. The third kappa shape index (κ3) is 6.53. The molecule has 1 heterocycles. The molecule has 2 aliphatic rings. The van der Waals surface area contributed by atoms with Crippen LogP contribution < -0.4 is 5.32 Å². The van der Waals surface area contributed by atoms with Gasteiger partial charge in [-0.25, -0.2) is 0 Å². The first kappa shape index (κ1) is 17.0. The second-order valence-electron chi connectivity index (χ2n) is 6.57. The second kappa shape index (κ2) is 7.79.